The maximum atomic E-state index is 12.3. The number of rotatable bonds is 5. The molecule has 1 amide bonds. The van der Waals surface area contributed by atoms with Crippen molar-refractivity contribution in [2.45, 2.75) is 51.2 Å². The van der Waals surface area contributed by atoms with Crippen molar-refractivity contribution in [1.82, 2.24) is 20.1 Å². The number of amides is 1. The molecule has 138 valence electrons. The summed E-state index contributed by atoms with van der Waals surface area (Å²) < 4.78 is 1.92. The molecule has 0 spiro atoms. The maximum absolute atomic E-state index is 12.3. The number of nitrogens with zero attached hydrogens (tertiary/aromatic N) is 3. The highest BCUT2D eigenvalue weighted by Crippen LogP contribution is 2.24. The van der Waals surface area contributed by atoms with E-state index in [1.54, 1.807) is 0 Å². The normalized spacial score (nSPS) is 16.8. The minimum Gasteiger partial charge on any atom is -0.346 e. The van der Waals surface area contributed by atoms with Crippen molar-refractivity contribution in [2.75, 3.05) is 0 Å². The van der Waals surface area contributed by atoms with Gasteiger partial charge in [-0.3, -0.25) is 4.79 Å². The van der Waals surface area contributed by atoms with Gasteiger partial charge in [-0.05, 0) is 18.4 Å². The van der Waals surface area contributed by atoms with Crippen LogP contribution in [0.2, 0.25) is 0 Å². The largest absolute Gasteiger partial charge is 0.346 e. The van der Waals surface area contributed by atoms with E-state index in [1.165, 1.54) is 0 Å². The summed E-state index contributed by atoms with van der Waals surface area (Å²) in [5, 5.41) is 7.54. The summed E-state index contributed by atoms with van der Waals surface area (Å²) in [4.78, 5) is 16.9. The van der Waals surface area contributed by atoms with Gasteiger partial charge in [0.1, 0.15) is 5.82 Å². The number of hydrogen-bond acceptors (Lipinski definition) is 4. The van der Waals surface area contributed by atoms with Gasteiger partial charge in [0.05, 0.1) is 6.04 Å². The molecule has 0 radical (unpaired) electrons. The van der Waals surface area contributed by atoms with Crippen LogP contribution in [0.5, 0.6) is 0 Å². The first kappa shape index (κ1) is 21.4. The van der Waals surface area contributed by atoms with Crippen molar-refractivity contribution >= 4 is 30.7 Å². The summed E-state index contributed by atoms with van der Waals surface area (Å²) in [6.45, 7) is 2.91. The predicted molar refractivity (Wildman–Crippen MR) is 102 cm³/mol. The van der Waals surface area contributed by atoms with E-state index in [0.717, 1.165) is 43.0 Å². The van der Waals surface area contributed by atoms with Gasteiger partial charge in [0.25, 0.3) is 0 Å². The van der Waals surface area contributed by atoms with Crippen LogP contribution in [0, 0.1) is 0 Å². The van der Waals surface area contributed by atoms with Gasteiger partial charge in [-0.1, -0.05) is 37.3 Å². The number of fused-ring (bicyclic) bond motifs is 1. The van der Waals surface area contributed by atoms with E-state index >= 15 is 0 Å². The molecule has 1 aromatic carbocycles. The van der Waals surface area contributed by atoms with Crippen LogP contribution < -0.4 is 11.1 Å². The molecular formula is C17H25Cl2N5O. The van der Waals surface area contributed by atoms with Crippen LogP contribution in [-0.4, -0.2) is 20.7 Å². The van der Waals surface area contributed by atoms with E-state index in [1.807, 2.05) is 41.9 Å². The van der Waals surface area contributed by atoms with Crippen LogP contribution in [0.1, 0.15) is 55.5 Å². The molecule has 1 aromatic heterocycles. The summed E-state index contributed by atoms with van der Waals surface area (Å²) in [6.07, 6.45) is 2.97. The average molecular weight is 386 g/mol. The molecule has 2 unspecified atom stereocenters. The Balaban J connectivity index is 0.00000156. The Morgan fingerprint density at radius 3 is 2.76 bits per heavy atom. The average Bonchev–Trinajstić information content (AvgIpc) is 3.00. The van der Waals surface area contributed by atoms with Crippen LogP contribution in [0.4, 0.5) is 0 Å². The zero-order valence-corrected chi connectivity index (χ0v) is 15.9. The van der Waals surface area contributed by atoms with Crippen LogP contribution in [0.3, 0.4) is 0 Å². The Bertz CT molecular complexity index is 677. The number of carbonyl (C=O) groups excluding carboxylic acids is 1. The van der Waals surface area contributed by atoms with Crippen LogP contribution in [-0.2, 0) is 17.8 Å². The molecular weight excluding hydrogens is 361 g/mol. The highest BCUT2D eigenvalue weighted by atomic mass is 35.5. The summed E-state index contributed by atoms with van der Waals surface area (Å²) in [7, 11) is 0. The molecule has 2 aromatic rings. The number of halogens is 2. The minimum absolute atomic E-state index is 0. The van der Waals surface area contributed by atoms with E-state index in [9.17, 15) is 4.79 Å². The van der Waals surface area contributed by atoms with Crippen molar-refractivity contribution in [1.29, 1.82) is 0 Å². The Hall–Kier alpha value is -1.63. The molecule has 1 aliphatic heterocycles. The quantitative estimate of drug-likeness (QED) is 0.828. The third-order valence-corrected chi connectivity index (χ3v) is 4.20. The van der Waals surface area contributed by atoms with E-state index in [0.29, 0.717) is 0 Å². The SMILES string of the molecule is CCc1nc2n(n1)CCCC2NC(=O)CC(N)c1ccccc1.Cl.Cl. The number of carbonyl (C=O) groups is 1. The highest BCUT2D eigenvalue weighted by molar-refractivity contribution is 5.85. The molecule has 8 heteroatoms. The summed E-state index contributed by atoms with van der Waals surface area (Å²) in [5.74, 6) is 1.66. The second-order valence-corrected chi connectivity index (χ2v) is 5.95. The van der Waals surface area contributed by atoms with Gasteiger partial charge in [-0.15, -0.1) is 24.8 Å². The summed E-state index contributed by atoms with van der Waals surface area (Å²) in [6, 6.07) is 9.35. The molecule has 0 bridgehead atoms. The van der Waals surface area contributed by atoms with Crippen molar-refractivity contribution in [3.63, 3.8) is 0 Å². The fourth-order valence-corrected chi connectivity index (χ4v) is 2.96. The monoisotopic (exact) mass is 385 g/mol. The maximum Gasteiger partial charge on any atom is 0.222 e. The number of aromatic nitrogens is 3. The lowest BCUT2D eigenvalue weighted by Crippen LogP contribution is -2.34. The molecule has 2 heterocycles. The molecule has 3 N–H and O–H groups in total. The van der Waals surface area contributed by atoms with Gasteiger partial charge in [-0.2, -0.15) is 5.10 Å². The van der Waals surface area contributed by atoms with Gasteiger partial charge >= 0.3 is 0 Å². The smallest absolute Gasteiger partial charge is 0.222 e. The fourth-order valence-electron chi connectivity index (χ4n) is 2.96. The van der Waals surface area contributed by atoms with Gasteiger partial charge in [0, 0.05) is 25.4 Å². The second-order valence-electron chi connectivity index (χ2n) is 5.95. The van der Waals surface area contributed by atoms with E-state index in [4.69, 9.17) is 5.73 Å². The third kappa shape index (κ3) is 5.17. The zero-order chi connectivity index (χ0) is 16.2. The fraction of sp³-hybridized carbons (Fsp3) is 0.471. The first-order chi connectivity index (χ1) is 11.2. The van der Waals surface area contributed by atoms with Gasteiger partial charge in [0.2, 0.25) is 5.91 Å². The molecule has 2 atom stereocenters. The van der Waals surface area contributed by atoms with E-state index in [-0.39, 0.29) is 49.2 Å². The zero-order valence-electron chi connectivity index (χ0n) is 14.2. The predicted octanol–water partition coefficient (Wildman–Crippen LogP) is 2.73. The standard InChI is InChI=1S/C17H23N5O.2ClH/c1-2-15-20-17-14(9-6-10-22(17)21-15)19-16(23)11-13(18)12-7-4-3-5-8-12;;/h3-5,7-8,13-14H,2,6,9-11,18H2,1H3,(H,19,23);2*1H. The number of nitrogens with two attached hydrogens (primary N) is 1. The van der Waals surface area contributed by atoms with Crippen LogP contribution >= 0.6 is 24.8 Å². The van der Waals surface area contributed by atoms with E-state index in [2.05, 4.69) is 15.4 Å². The van der Waals surface area contributed by atoms with Gasteiger partial charge in [0.15, 0.2) is 5.82 Å². The highest BCUT2D eigenvalue weighted by Gasteiger charge is 2.26. The molecule has 1 aliphatic rings. The minimum atomic E-state index is -0.288. The van der Waals surface area contributed by atoms with Gasteiger partial charge < -0.3 is 11.1 Å². The molecule has 0 saturated carbocycles. The lowest BCUT2D eigenvalue weighted by molar-refractivity contribution is -0.122. The van der Waals surface area contributed by atoms with E-state index < -0.39 is 0 Å². The first-order valence-corrected chi connectivity index (χ1v) is 8.21. The topological polar surface area (TPSA) is 85.8 Å². The molecule has 0 aliphatic carbocycles. The molecule has 0 fully saturated rings. The molecule has 0 saturated heterocycles. The van der Waals surface area contributed by atoms with Crippen molar-refractivity contribution in [2.24, 2.45) is 5.73 Å². The number of hydrogen-bond donors (Lipinski definition) is 2. The van der Waals surface area contributed by atoms with Crippen molar-refractivity contribution < 1.29 is 4.79 Å². The third-order valence-electron chi connectivity index (χ3n) is 4.20. The second kappa shape index (κ2) is 9.75. The Kier molecular flexibility index (Phi) is 8.35. The van der Waals surface area contributed by atoms with Crippen molar-refractivity contribution in [3.8, 4) is 0 Å². The van der Waals surface area contributed by atoms with Crippen molar-refractivity contribution in [3.05, 3.63) is 47.5 Å². The molecule has 6 nitrogen and oxygen atoms in total. The van der Waals surface area contributed by atoms with Gasteiger partial charge in [-0.25, -0.2) is 9.67 Å². The number of nitrogens with one attached hydrogen (secondary N) is 1. The lowest BCUT2D eigenvalue weighted by atomic mass is 10.0. The Morgan fingerprint density at radius 1 is 1.36 bits per heavy atom. The Morgan fingerprint density at radius 2 is 2.08 bits per heavy atom. The lowest BCUT2D eigenvalue weighted by Gasteiger charge is -2.23. The molecule has 25 heavy (non-hydrogen) atoms. The summed E-state index contributed by atoms with van der Waals surface area (Å²) >= 11 is 0. The number of benzene rings is 1. The number of aryl methyl sites for hydroxylation is 2. The first-order valence-electron chi connectivity index (χ1n) is 8.21. The molecule has 3 rings (SSSR count). The Labute approximate surface area is 160 Å². The summed E-state index contributed by atoms with van der Waals surface area (Å²) in [5.41, 5.74) is 7.10. The van der Waals surface area contributed by atoms with Crippen LogP contribution in [0.25, 0.3) is 0 Å². The van der Waals surface area contributed by atoms with Crippen LogP contribution in [0.15, 0.2) is 30.3 Å².